The molecule has 0 aromatic heterocycles. The summed E-state index contributed by atoms with van der Waals surface area (Å²) in [4.78, 5) is 0. The summed E-state index contributed by atoms with van der Waals surface area (Å²) in [5.41, 5.74) is 2.01. The fourth-order valence-corrected chi connectivity index (χ4v) is 2.43. The van der Waals surface area contributed by atoms with Gasteiger partial charge in [0.05, 0.1) is 16.9 Å². The summed E-state index contributed by atoms with van der Waals surface area (Å²) in [6, 6.07) is 12.0. The van der Waals surface area contributed by atoms with E-state index in [1.807, 2.05) is 34.7 Å². The highest BCUT2D eigenvalue weighted by Gasteiger charge is 2.06. The summed E-state index contributed by atoms with van der Waals surface area (Å²) in [6.45, 7) is 0. The van der Waals surface area contributed by atoms with Gasteiger partial charge in [-0.05, 0) is 59.0 Å². The smallest absolute Gasteiger partial charge is 0.124 e. The van der Waals surface area contributed by atoms with Gasteiger partial charge >= 0.3 is 0 Å². The van der Waals surface area contributed by atoms with Crippen molar-refractivity contribution in [1.82, 2.24) is 0 Å². The van der Waals surface area contributed by atoms with Gasteiger partial charge in [0.15, 0.2) is 0 Å². The SMILES string of the molecule is N#Cc1cc(Br)ccc1Nc1ccc(F)cc1I. The van der Waals surface area contributed by atoms with Crippen molar-refractivity contribution in [2.45, 2.75) is 0 Å². The van der Waals surface area contributed by atoms with Crippen LogP contribution in [0, 0.1) is 20.7 Å². The Morgan fingerprint density at radius 2 is 1.89 bits per heavy atom. The Hall–Kier alpha value is -1.13. The van der Waals surface area contributed by atoms with Gasteiger partial charge in [0, 0.05) is 8.04 Å². The zero-order valence-corrected chi connectivity index (χ0v) is 12.8. The van der Waals surface area contributed by atoms with Gasteiger partial charge < -0.3 is 5.32 Å². The van der Waals surface area contributed by atoms with Crippen LogP contribution < -0.4 is 5.32 Å². The molecular formula is C13H7BrFIN2. The molecule has 0 amide bonds. The lowest BCUT2D eigenvalue weighted by atomic mass is 10.2. The Kier molecular flexibility index (Phi) is 4.19. The summed E-state index contributed by atoms with van der Waals surface area (Å²) in [6.07, 6.45) is 0. The Morgan fingerprint density at radius 3 is 2.56 bits per heavy atom. The highest BCUT2D eigenvalue weighted by molar-refractivity contribution is 14.1. The molecule has 5 heteroatoms. The zero-order valence-electron chi connectivity index (χ0n) is 9.05. The Morgan fingerprint density at radius 1 is 1.17 bits per heavy atom. The largest absolute Gasteiger partial charge is 0.354 e. The molecule has 0 saturated heterocycles. The quantitative estimate of drug-likeness (QED) is 0.713. The number of nitrogens with zero attached hydrogens (tertiary/aromatic N) is 1. The van der Waals surface area contributed by atoms with Crippen LogP contribution in [0.5, 0.6) is 0 Å². The highest BCUT2D eigenvalue weighted by Crippen LogP contribution is 2.27. The number of hydrogen-bond acceptors (Lipinski definition) is 2. The number of benzene rings is 2. The van der Waals surface area contributed by atoms with Crippen molar-refractivity contribution in [3.05, 3.63) is 55.8 Å². The molecule has 0 bridgehead atoms. The summed E-state index contributed by atoms with van der Waals surface area (Å²) >= 11 is 5.37. The summed E-state index contributed by atoms with van der Waals surface area (Å²) in [5, 5.41) is 12.2. The van der Waals surface area contributed by atoms with E-state index in [2.05, 4.69) is 27.3 Å². The first kappa shape index (κ1) is 13.3. The summed E-state index contributed by atoms with van der Waals surface area (Å²) in [7, 11) is 0. The molecule has 0 heterocycles. The molecule has 2 aromatic rings. The van der Waals surface area contributed by atoms with E-state index < -0.39 is 0 Å². The normalized spacial score (nSPS) is 9.89. The Bertz CT molecular complexity index is 637. The second-order valence-electron chi connectivity index (χ2n) is 3.55. The van der Waals surface area contributed by atoms with Gasteiger partial charge in [0.25, 0.3) is 0 Å². The van der Waals surface area contributed by atoms with Crippen molar-refractivity contribution in [2.75, 3.05) is 5.32 Å². The van der Waals surface area contributed by atoms with Crippen molar-refractivity contribution in [2.24, 2.45) is 0 Å². The first-order valence-corrected chi connectivity index (χ1v) is 6.89. The van der Waals surface area contributed by atoms with E-state index in [9.17, 15) is 4.39 Å². The van der Waals surface area contributed by atoms with Crippen LogP contribution in [0.3, 0.4) is 0 Å². The van der Waals surface area contributed by atoms with Gasteiger partial charge in [-0.3, -0.25) is 0 Å². The number of halogens is 3. The van der Waals surface area contributed by atoms with E-state index in [1.165, 1.54) is 12.1 Å². The molecule has 1 N–H and O–H groups in total. The molecule has 0 fully saturated rings. The molecule has 90 valence electrons. The molecular weight excluding hydrogens is 410 g/mol. The van der Waals surface area contributed by atoms with Crippen LogP contribution in [0.2, 0.25) is 0 Å². The maximum absolute atomic E-state index is 13.0. The van der Waals surface area contributed by atoms with Gasteiger partial charge in [-0.2, -0.15) is 5.26 Å². The summed E-state index contributed by atoms with van der Waals surface area (Å²) in [5.74, 6) is -0.277. The number of hydrogen-bond donors (Lipinski definition) is 1. The monoisotopic (exact) mass is 416 g/mol. The van der Waals surface area contributed by atoms with Crippen molar-refractivity contribution >= 4 is 49.9 Å². The number of anilines is 2. The molecule has 0 radical (unpaired) electrons. The first-order valence-electron chi connectivity index (χ1n) is 5.02. The maximum Gasteiger partial charge on any atom is 0.124 e. The van der Waals surface area contributed by atoms with Crippen LogP contribution >= 0.6 is 38.5 Å². The molecule has 0 spiro atoms. The molecule has 0 aliphatic carbocycles. The van der Waals surface area contributed by atoms with Crippen LogP contribution in [0.1, 0.15) is 5.56 Å². The van der Waals surface area contributed by atoms with Crippen LogP contribution in [0.15, 0.2) is 40.9 Å². The van der Waals surface area contributed by atoms with Crippen molar-refractivity contribution in [1.29, 1.82) is 5.26 Å². The molecule has 2 aromatic carbocycles. The fourth-order valence-electron chi connectivity index (χ4n) is 1.45. The van der Waals surface area contributed by atoms with Crippen molar-refractivity contribution < 1.29 is 4.39 Å². The van der Waals surface area contributed by atoms with Gasteiger partial charge in [-0.15, -0.1) is 0 Å². The second kappa shape index (κ2) is 5.67. The Labute approximate surface area is 126 Å². The van der Waals surface area contributed by atoms with Gasteiger partial charge in [0.2, 0.25) is 0 Å². The van der Waals surface area contributed by atoms with E-state index in [0.29, 0.717) is 11.3 Å². The van der Waals surface area contributed by atoms with Gasteiger partial charge in [-0.1, -0.05) is 15.9 Å². The minimum atomic E-state index is -0.277. The van der Waals surface area contributed by atoms with E-state index in [0.717, 1.165) is 13.7 Å². The number of rotatable bonds is 2. The third kappa shape index (κ3) is 3.00. The van der Waals surface area contributed by atoms with Gasteiger partial charge in [-0.25, -0.2) is 4.39 Å². The molecule has 0 atom stereocenters. The maximum atomic E-state index is 13.0. The van der Waals surface area contributed by atoms with E-state index >= 15 is 0 Å². The topological polar surface area (TPSA) is 35.8 Å². The van der Waals surface area contributed by atoms with Gasteiger partial charge in [0.1, 0.15) is 11.9 Å². The predicted octanol–water partition coefficient (Wildman–Crippen LogP) is 4.81. The summed E-state index contributed by atoms with van der Waals surface area (Å²) < 4.78 is 14.6. The highest BCUT2D eigenvalue weighted by atomic mass is 127. The minimum absolute atomic E-state index is 0.277. The van der Waals surface area contributed by atoms with E-state index in [1.54, 1.807) is 12.1 Å². The average molecular weight is 417 g/mol. The average Bonchev–Trinajstić information content (AvgIpc) is 2.34. The second-order valence-corrected chi connectivity index (χ2v) is 5.63. The third-order valence-electron chi connectivity index (χ3n) is 2.30. The minimum Gasteiger partial charge on any atom is -0.354 e. The third-order valence-corrected chi connectivity index (χ3v) is 3.69. The molecule has 0 aliphatic heterocycles. The molecule has 0 aliphatic rings. The van der Waals surface area contributed by atoms with Crippen molar-refractivity contribution in [3.63, 3.8) is 0 Å². The van der Waals surface area contributed by atoms with Crippen molar-refractivity contribution in [3.8, 4) is 6.07 Å². The van der Waals surface area contributed by atoms with Crippen LogP contribution in [0.4, 0.5) is 15.8 Å². The number of nitriles is 1. The molecule has 0 saturated carbocycles. The molecule has 18 heavy (non-hydrogen) atoms. The molecule has 2 nitrogen and oxygen atoms in total. The molecule has 0 unspecified atom stereocenters. The first-order chi connectivity index (χ1) is 8.60. The lowest BCUT2D eigenvalue weighted by Crippen LogP contribution is -1.96. The van der Waals surface area contributed by atoms with Crippen LogP contribution in [0.25, 0.3) is 0 Å². The van der Waals surface area contributed by atoms with Crippen LogP contribution in [-0.4, -0.2) is 0 Å². The van der Waals surface area contributed by atoms with E-state index in [-0.39, 0.29) is 5.82 Å². The zero-order chi connectivity index (χ0) is 13.1. The molecule has 2 rings (SSSR count). The van der Waals surface area contributed by atoms with E-state index in [4.69, 9.17) is 5.26 Å². The number of nitrogens with one attached hydrogen (secondary N) is 1. The Balaban J connectivity index is 2.37. The lowest BCUT2D eigenvalue weighted by Gasteiger charge is -2.10. The predicted molar refractivity (Wildman–Crippen MR) is 81.3 cm³/mol. The lowest BCUT2D eigenvalue weighted by molar-refractivity contribution is 0.627. The standard InChI is InChI=1S/C13H7BrFIN2/c14-9-1-3-12(8(5-9)7-17)18-13-4-2-10(15)6-11(13)16/h1-6,18H. The van der Waals surface area contributed by atoms with Crippen LogP contribution in [-0.2, 0) is 0 Å². The fraction of sp³-hybridized carbons (Fsp3) is 0.